The first-order valence-electron chi connectivity index (χ1n) is 12.5. The molecule has 0 bridgehead atoms. The van der Waals surface area contributed by atoms with Gasteiger partial charge < -0.3 is 25.0 Å². The van der Waals surface area contributed by atoms with Gasteiger partial charge in [-0.2, -0.15) is 0 Å². The maximum Gasteiger partial charge on any atom is 0.321 e. The van der Waals surface area contributed by atoms with Crippen LogP contribution in [0.15, 0.2) is 66.5 Å². The molecule has 2 aromatic heterocycles. The summed E-state index contributed by atoms with van der Waals surface area (Å²) in [6.07, 6.45) is 4.62. The molecule has 2 aliphatic rings. The topological polar surface area (TPSA) is 104 Å². The van der Waals surface area contributed by atoms with E-state index in [-0.39, 0.29) is 42.3 Å². The maximum atomic E-state index is 15.4. The molecule has 4 heterocycles. The number of carbonyl (C=O) groups is 1. The van der Waals surface area contributed by atoms with Crippen LogP contribution in [0.25, 0.3) is 22.0 Å². The molecule has 2 aromatic carbocycles. The van der Waals surface area contributed by atoms with Crippen molar-refractivity contribution in [3.8, 4) is 22.9 Å². The summed E-state index contributed by atoms with van der Waals surface area (Å²) in [7, 11) is 0. The van der Waals surface area contributed by atoms with Gasteiger partial charge in [0, 0.05) is 54.0 Å². The van der Waals surface area contributed by atoms with Gasteiger partial charge in [0.15, 0.2) is 0 Å². The molecule has 4 aromatic rings. The highest BCUT2D eigenvalue weighted by molar-refractivity contribution is 6.33. The van der Waals surface area contributed by atoms with Crippen LogP contribution in [0.3, 0.4) is 0 Å². The van der Waals surface area contributed by atoms with Gasteiger partial charge in [-0.15, -0.1) is 0 Å². The second kappa shape index (κ2) is 10.3. The average molecular weight is 565 g/mol. The largest absolute Gasteiger partial charge is 0.424 e. The first-order chi connectivity index (χ1) is 19.3. The monoisotopic (exact) mass is 564 g/mol. The Hall–Kier alpha value is -4.35. The molecular weight excluding hydrogens is 542 g/mol. The molecule has 0 saturated heterocycles. The van der Waals surface area contributed by atoms with Crippen LogP contribution in [0.5, 0.6) is 11.8 Å². The number of pyridine rings is 1. The van der Waals surface area contributed by atoms with E-state index in [4.69, 9.17) is 16.3 Å². The molecule has 0 fully saturated rings. The highest BCUT2D eigenvalue weighted by Crippen LogP contribution is 2.46. The van der Waals surface area contributed by atoms with Crippen LogP contribution >= 0.6 is 11.6 Å². The van der Waals surface area contributed by atoms with Crippen molar-refractivity contribution in [3.63, 3.8) is 0 Å². The first kappa shape index (κ1) is 25.9. The van der Waals surface area contributed by atoms with Crippen molar-refractivity contribution >= 4 is 39.8 Å². The summed E-state index contributed by atoms with van der Waals surface area (Å²) in [6, 6.07) is 9.66. The number of aliphatic hydroxyl groups is 1. The number of aliphatic hydroxyl groups excluding tert-OH is 1. The molecule has 204 valence electrons. The summed E-state index contributed by atoms with van der Waals surface area (Å²) in [5.41, 5.74) is 2.82. The van der Waals surface area contributed by atoms with Gasteiger partial charge in [0.2, 0.25) is 5.91 Å². The van der Waals surface area contributed by atoms with Crippen LogP contribution in [-0.4, -0.2) is 56.7 Å². The lowest BCUT2D eigenvalue weighted by molar-refractivity contribution is -0.134. The van der Waals surface area contributed by atoms with E-state index in [9.17, 15) is 9.90 Å². The molecule has 12 heteroatoms. The fourth-order valence-electron chi connectivity index (χ4n) is 5.12. The predicted molar refractivity (Wildman–Crippen MR) is 146 cm³/mol. The minimum absolute atomic E-state index is 0.152. The zero-order valence-corrected chi connectivity index (χ0v) is 22.0. The number of nitrogens with zero attached hydrogens (tertiary/aromatic N) is 5. The number of aromatic nitrogens is 3. The van der Waals surface area contributed by atoms with E-state index in [0.717, 1.165) is 0 Å². The fraction of sp³-hybridized carbons (Fsp3) is 0.214. The Balaban J connectivity index is 1.41. The Morgan fingerprint density at radius 2 is 1.98 bits per heavy atom. The van der Waals surface area contributed by atoms with E-state index in [1.807, 2.05) is 11.8 Å². The van der Waals surface area contributed by atoms with E-state index < -0.39 is 24.2 Å². The Labute approximate surface area is 232 Å². The van der Waals surface area contributed by atoms with Gasteiger partial charge in [-0.25, -0.2) is 18.7 Å². The molecule has 0 saturated carbocycles. The normalized spacial score (nSPS) is 16.8. The Morgan fingerprint density at radius 3 is 2.70 bits per heavy atom. The van der Waals surface area contributed by atoms with Crippen molar-refractivity contribution in [2.24, 2.45) is 0 Å². The van der Waals surface area contributed by atoms with Crippen LogP contribution in [0.2, 0.25) is 5.02 Å². The number of nitrogens with one attached hydrogen (secondary N) is 1. The van der Waals surface area contributed by atoms with E-state index in [1.165, 1.54) is 11.0 Å². The van der Waals surface area contributed by atoms with Crippen molar-refractivity contribution in [2.75, 3.05) is 29.9 Å². The van der Waals surface area contributed by atoms with Gasteiger partial charge in [0.05, 0.1) is 40.4 Å². The molecule has 1 atom stereocenters. The van der Waals surface area contributed by atoms with Gasteiger partial charge in [-0.05, 0) is 31.2 Å². The summed E-state index contributed by atoms with van der Waals surface area (Å²) >= 11 is 6.58. The Bertz CT molecular complexity index is 1670. The van der Waals surface area contributed by atoms with Crippen LogP contribution in [0.4, 0.5) is 20.2 Å². The van der Waals surface area contributed by atoms with Crippen molar-refractivity contribution in [3.05, 3.63) is 77.4 Å². The molecule has 0 spiro atoms. The summed E-state index contributed by atoms with van der Waals surface area (Å²) in [4.78, 5) is 27.5. The van der Waals surface area contributed by atoms with Crippen molar-refractivity contribution in [2.45, 2.75) is 19.5 Å². The second-order valence-corrected chi connectivity index (χ2v) is 9.82. The number of hydrogen-bond acceptors (Lipinski definition) is 8. The van der Waals surface area contributed by atoms with Crippen LogP contribution < -0.4 is 15.0 Å². The van der Waals surface area contributed by atoms with Crippen molar-refractivity contribution in [1.82, 2.24) is 19.9 Å². The number of benzene rings is 2. The summed E-state index contributed by atoms with van der Waals surface area (Å²) in [5, 5.41) is 13.3. The molecule has 2 N–H and O–H groups in total. The molecule has 1 unspecified atom stereocenters. The molecule has 6 rings (SSSR count). The third kappa shape index (κ3) is 4.56. The highest BCUT2D eigenvalue weighted by atomic mass is 35.5. The number of anilines is 2. The number of fused-ring (bicyclic) bond motifs is 3. The molecule has 40 heavy (non-hydrogen) atoms. The SMILES string of the molecule is CC1Nc2cnc3cc(F)c(-c4ccc(Oc5ncccn5)cc4Cl)cc3c2N1C1=C(F)CN(C(=O)CO)CC1. The minimum Gasteiger partial charge on any atom is -0.424 e. The van der Waals surface area contributed by atoms with E-state index >= 15 is 8.78 Å². The molecule has 1 amide bonds. The van der Waals surface area contributed by atoms with Gasteiger partial charge >= 0.3 is 6.01 Å². The summed E-state index contributed by atoms with van der Waals surface area (Å²) in [6.45, 7) is 1.25. The molecule has 9 nitrogen and oxygen atoms in total. The zero-order valence-electron chi connectivity index (χ0n) is 21.2. The zero-order chi connectivity index (χ0) is 28.0. The predicted octanol–water partition coefficient (Wildman–Crippen LogP) is 5.26. The number of rotatable bonds is 5. The lowest BCUT2D eigenvalue weighted by Crippen LogP contribution is -2.42. The summed E-state index contributed by atoms with van der Waals surface area (Å²) < 4.78 is 36.5. The van der Waals surface area contributed by atoms with Gasteiger partial charge in [-0.3, -0.25) is 9.78 Å². The Kier molecular flexibility index (Phi) is 6.68. The quantitative estimate of drug-likeness (QED) is 0.338. The lowest BCUT2D eigenvalue weighted by atomic mass is 10.0. The molecule has 0 aliphatic carbocycles. The third-order valence-corrected chi connectivity index (χ3v) is 7.26. The number of amides is 1. The number of ether oxygens (including phenoxy) is 1. The van der Waals surface area contributed by atoms with E-state index in [1.54, 1.807) is 48.9 Å². The van der Waals surface area contributed by atoms with Gasteiger partial charge in [-0.1, -0.05) is 11.6 Å². The summed E-state index contributed by atoms with van der Waals surface area (Å²) in [5.74, 6) is -1.13. The third-order valence-electron chi connectivity index (χ3n) is 6.94. The van der Waals surface area contributed by atoms with Crippen LogP contribution in [0, 0.1) is 5.82 Å². The number of hydrogen-bond donors (Lipinski definition) is 2. The number of halogens is 3. The molecule has 2 aliphatic heterocycles. The van der Waals surface area contributed by atoms with E-state index in [0.29, 0.717) is 39.3 Å². The highest BCUT2D eigenvalue weighted by Gasteiger charge is 2.35. The fourth-order valence-corrected chi connectivity index (χ4v) is 5.40. The molecule has 0 radical (unpaired) electrons. The number of carbonyl (C=O) groups excluding carboxylic acids is 1. The second-order valence-electron chi connectivity index (χ2n) is 9.41. The van der Waals surface area contributed by atoms with Crippen molar-refractivity contribution < 1.29 is 23.4 Å². The lowest BCUT2D eigenvalue weighted by Gasteiger charge is -2.34. The van der Waals surface area contributed by atoms with Crippen LogP contribution in [-0.2, 0) is 4.79 Å². The smallest absolute Gasteiger partial charge is 0.321 e. The van der Waals surface area contributed by atoms with Crippen LogP contribution in [0.1, 0.15) is 13.3 Å². The maximum absolute atomic E-state index is 15.4. The molecular formula is C28H23ClF2N6O3. The van der Waals surface area contributed by atoms with Gasteiger partial charge in [0.1, 0.15) is 30.2 Å². The minimum atomic E-state index is -0.673. The van der Waals surface area contributed by atoms with Gasteiger partial charge in [0.25, 0.3) is 0 Å². The Morgan fingerprint density at radius 1 is 1.18 bits per heavy atom. The van der Waals surface area contributed by atoms with E-state index in [2.05, 4.69) is 20.3 Å². The standard InChI is InChI=1S/C28H23ClF2N6O3/c1-15-35-24-12-34-23-11-21(30)18(17-4-3-16(9-20(17)29)40-28-32-6-2-7-33-28)10-19(23)27(24)37(15)25-5-8-36(13-22(25)31)26(39)14-38/h2-4,6-7,9-12,15,35,38H,5,8,13-14H2,1H3. The van der Waals surface area contributed by atoms with Crippen molar-refractivity contribution in [1.29, 1.82) is 0 Å². The average Bonchev–Trinajstić information content (AvgIpc) is 3.29. The first-order valence-corrected chi connectivity index (χ1v) is 12.9.